The molecule has 2 heteroatoms. The van der Waals surface area contributed by atoms with Crippen molar-refractivity contribution in [2.75, 3.05) is 0 Å². The van der Waals surface area contributed by atoms with Gasteiger partial charge in [0.25, 0.3) is 5.56 Å². The first-order valence-electron chi connectivity index (χ1n) is 4.09. The second kappa shape index (κ2) is 3.90. The summed E-state index contributed by atoms with van der Waals surface area (Å²) in [6.45, 7) is 5.72. The van der Waals surface area contributed by atoms with Crippen LogP contribution in [0, 0.1) is 0 Å². The van der Waals surface area contributed by atoms with Crippen LogP contribution in [0.15, 0.2) is 41.8 Å². The maximum Gasteiger partial charge on any atom is 0.251 e. The Bertz CT molecular complexity index is 314. The van der Waals surface area contributed by atoms with Crippen molar-refractivity contribution in [3.05, 3.63) is 47.4 Å². The molecule has 0 bridgehead atoms. The normalized spacial score (nSPS) is 12.4. The highest BCUT2D eigenvalue weighted by molar-refractivity contribution is 4.98. The van der Waals surface area contributed by atoms with E-state index in [0.717, 1.165) is 6.42 Å². The van der Waals surface area contributed by atoms with Gasteiger partial charge in [-0.15, -0.1) is 6.58 Å². The summed E-state index contributed by atoms with van der Waals surface area (Å²) >= 11 is 0. The van der Waals surface area contributed by atoms with Crippen molar-refractivity contribution in [1.82, 2.24) is 4.57 Å². The van der Waals surface area contributed by atoms with Crippen LogP contribution in [0.3, 0.4) is 0 Å². The predicted octanol–water partition coefficient (Wildman–Crippen LogP) is 1.99. The molecule has 0 saturated heterocycles. The summed E-state index contributed by atoms with van der Waals surface area (Å²) in [5, 5.41) is 0. The summed E-state index contributed by atoms with van der Waals surface area (Å²) in [4.78, 5) is 11.3. The number of aromatic nitrogens is 1. The van der Waals surface area contributed by atoms with Crippen LogP contribution in [-0.2, 0) is 0 Å². The molecule has 0 spiro atoms. The molecular weight excluding hydrogens is 150 g/mol. The Balaban J connectivity index is 3.08. The minimum Gasteiger partial charge on any atom is -0.309 e. The number of rotatable bonds is 3. The molecule has 1 aromatic heterocycles. The third-order valence-corrected chi connectivity index (χ3v) is 1.90. The summed E-state index contributed by atoms with van der Waals surface area (Å²) in [7, 11) is 0. The van der Waals surface area contributed by atoms with E-state index in [1.165, 1.54) is 0 Å². The Morgan fingerprint density at radius 1 is 1.67 bits per heavy atom. The van der Waals surface area contributed by atoms with Crippen molar-refractivity contribution >= 4 is 0 Å². The highest BCUT2D eigenvalue weighted by atomic mass is 16.1. The van der Waals surface area contributed by atoms with Crippen molar-refractivity contribution in [3.8, 4) is 0 Å². The summed E-state index contributed by atoms with van der Waals surface area (Å²) < 4.78 is 1.69. The SMILES string of the molecule is C=C[C@H](CC)n1ccccc1=O. The second-order valence-electron chi connectivity index (χ2n) is 2.66. The molecule has 0 aliphatic carbocycles. The standard InChI is InChI=1S/C10H13NO/c1-3-9(4-2)11-8-6-5-7-10(11)12/h3,5-9H,1,4H2,2H3/t9-/m1/s1. The molecule has 64 valence electrons. The fraction of sp³-hybridized carbons (Fsp3) is 0.300. The van der Waals surface area contributed by atoms with Gasteiger partial charge < -0.3 is 4.57 Å². The molecular formula is C10H13NO. The molecule has 0 aromatic carbocycles. The Kier molecular flexibility index (Phi) is 2.86. The van der Waals surface area contributed by atoms with Crippen LogP contribution in [0.2, 0.25) is 0 Å². The maximum atomic E-state index is 11.3. The summed E-state index contributed by atoms with van der Waals surface area (Å²) in [5.74, 6) is 0. The quantitative estimate of drug-likeness (QED) is 0.624. The van der Waals surface area contributed by atoms with E-state index in [-0.39, 0.29) is 11.6 Å². The molecule has 0 unspecified atom stereocenters. The van der Waals surface area contributed by atoms with E-state index in [4.69, 9.17) is 0 Å². The van der Waals surface area contributed by atoms with Crippen molar-refractivity contribution in [2.45, 2.75) is 19.4 Å². The zero-order valence-corrected chi connectivity index (χ0v) is 7.23. The lowest BCUT2D eigenvalue weighted by atomic mass is 10.2. The molecule has 1 rings (SSSR count). The van der Waals surface area contributed by atoms with Crippen molar-refractivity contribution < 1.29 is 0 Å². The van der Waals surface area contributed by atoms with Gasteiger partial charge in [0.2, 0.25) is 0 Å². The van der Waals surface area contributed by atoms with Gasteiger partial charge in [-0.1, -0.05) is 19.1 Å². The maximum absolute atomic E-state index is 11.3. The minimum atomic E-state index is 0.0317. The molecule has 0 aliphatic rings. The van der Waals surface area contributed by atoms with Gasteiger partial charge in [0.15, 0.2) is 0 Å². The monoisotopic (exact) mass is 163 g/mol. The van der Waals surface area contributed by atoms with Crippen LogP contribution >= 0.6 is 0 Å². The van der Waals surface area contributed by atoms with E-state index >= 15 is 0 Å². The van der Waals surface area contributed by atoms with Gasteiger partial charge >= 0.3 is 0 Å². The van der Waals surface area contributed by atoms with Crippen LogP contribution in [0.1, 0.15) is 19.4 Å². The topological polar surface area (TPSA) is 22.0 Å². The van der Waals surface area contributed by atoms with Crippen LogP contribution in [0.25, 0.3) is 0 Å². The van der Waals surface area contributed by atoms with Crippen molar-refractivity contribution in [3.63, 3.8) is 0 Å². The fourth-order valence-corrected chi connectivity index (χ4v) is 1.19. The van der Waals surface area contributed by atoms with Gasteiger partial charge in [-0.3, -0.25) is 4.79 Å². The lowest BCUT2D eigenvalue weighted by Crippen LogP contribution is -2.21. The molecule has 1 aromatic rings. The Morgan fingerprint density at radius 3 is 2.92 bits per heavy atom. The number of nitrogens with zero attached hydrogens (tertiary/aromatic N) is 1. The summed E-state index contributed by atoms with van der Waals surface area (Å²) in [6.07, 6.45) is 4.48. The predicted molar refractivity (Wildman–Crippen MR) is 50.2 cm³/mol. The molecule has 2 nitrogen and oxygen atoms in total. The first-order valence-corrected chi connectivity index (χ1v) is 4.09. The first-order chi connectivity index (χ1) is 5.79. The zero-order valence-electron chi connectivity index (χ0n) is 7.23. The van der Waals surface area contributed by atoms with Gasteiger partial charge in [0.05, 0.1) is 6.04 Å². The lowest BCUT2D eigenvalue weighted by molar-refractivity contribution is 0.567. The van der Waals surface area contributed by atoms with E-state index < -0.39 is 0 Å². The van der Waals surface area contributed by atoms with E-state index in [2.05, 4.69) is 6.58 Å². The molecule has 0 saturated carbocycles. The van der Waals surface area contributed by atoms with Gasteiger partial charge in [-0.2, -0.15) is 0 Å². The van der Waals surface area contributed by atoms with Crippen LogP contribution in [0.4, 0.5) is 0 Å². The third-order valence-electron chi connectivity index (χ3n) is 1.90. The van der Waals surface area contributed by atoms with Crippen LogP contribution in [0.5, 0.6) is 0 Å². The molecule has 0 N–H and O–H groups in total. The Hall–Kier alpha value is -1.31. The number of pyridine rings is 1. The highest BCUT2D eigenvalue weighted by Crippen LogP contribution is 2.07. The smallest absolute Gasteiger partial charge is 0.251 e. The third kappa shape index (κ3) is 1.64. The van der Waals surface area contributed by atoms with E-state index in [1.54, 1.807) is 29.0 Å². The molecule has 0 radical (unpaired) electrons. The van der Waals surface area contributed by atoms with Gasteiger partial charge in [0.1, 0.15) is 0 Å². The average molecular weight is 163 g/mol. The van der Waals surface area contributed by atoms with E-state index in [1.807, 2.05) is 13.0 Å². The minimum absolute atomic E-state index is 0.0317. The molecule has 0 fully saturated rings. The lowest BCUT2D eigenvalue weighted by Gasteiger charge is -2.12. The fourth-order valence-electron chi connectivity index (χ4n) is 1.19. The number of hydrogen-bond donors (Lipinski definition) is 0. The molecule has 0 amide bonds. The molecule has 12 heavy (non-hydrogen) atoms. The van der Waals surface area contributed by atoms with Crippen molar-refractivity contribution in [1.29, 1.82) is 0 Å². The zero-order chi connectivity index (χ0) is 8.97. The average Bonchev–Trinajstić information content (AvgIpc) is 2.10. The van der Waals surface area contributed by atoms with E-state index in [0.29, 0.717) is 0 Å². The summed E-state index contributed by atoms with van der Waals surface area (Å²) in [6, 6.07) is 5.28. The van der Waals surface area contributed by atoms with Crippen LogP contribution in [-0.4, -0.2) is 4.57 Å². The first kappa shape index (κ1) is 8.78. The summed E-state index contributed by atoms with van der Waals surface area (Å²) in [5.41, 5.74) is 0.0317. The largest absolute Gasteiger partial charge is 0.309 e. The molecule has 1 atom stereocenters. The Labute approximate surface area is 72.2 Å². The second-order valence-corrected chi connectivity index (χ2v) is 2.66. The number of hydrogen-bond acceptors (Lipinski definition) is 1. The van der Waals surface area contributed by atoms with Gasteiger partial charge in [-0.25, -0.2) is 0 Å². The highest BCUT2D eigenvalue weighted by Gasteiger charge is 2.02. The Morgan fingerprint density at radius 2 is 2.42 bits per heavy atom. The molecule has 1 heterocycles. The van der Waals surface area contributed by atoms with Gasteiger partial charge in [0, 0.05) is 12.3 Å². The number of allylic oxidation sites excluding steroid dienone is 1. The van der Waals surface area contributed by atoms with Crippen molar-refractivity contribution in [2.24, 2.45) is 0 Å². The van der Waals surface area contributed by atoms with Crippen LogP contribution < -0.4 is 5.56 Å². The molecule has 0 aliphatic heterocycles. The van der Waals surface area contributed by atoms with E-state index in [9.17, 15) is 4.79 Å². The van der Waals surface area contributed by atoms with Gasteiger partial charge in [-0.05, 0) is 12.5 Å².